The Labute approximate surface area is 113 Å². The minimum Gasteiger partial charge on any atom is -0.465 e. The first-order chi connectivity index (χ1) is 9.08. The van der Waals surface area contributed by atoms with Gasteiger partial charge in [-0.3, -0.25) is 0 Å². The van der Waals surface area contributed by atoms with E-state index in [9.17, 15) is 4.79 Å². The standard InChI is InChI=1S/C14H20N2O3/c1-10-9-19-8-7-16(10)13-5-3-12(4-6-13)11(2)15-14(17)18/h3-6,10-11,15H,7-9H2,1-2H3,(H,17,18)/t10-,11+/m0/s1. The third-order valence-corrected chi connectivity index (χ3v) is 3.43. The van der Waals surface area contributed by atoms with Gasteiger partial charge in [0.1, 0.15) is 0 Å². The molecule has 0 aromatic heterocycles. The summed E-state index contributed by atoms with van der Waals surface area (Å²) in [5, 5.41) is 11.2. The summed E-state index contributed by atoms with van der Waals surface area (Å²) in [5.74, 6) is 0. The van der Waals surface area contributed by atoms with Crippen molar-refractivity contribution in [3.05, 3.63) is 29.8 Å². The smallest absolute Gasteiger partial charge is 0.405 e. The van der Waals surface area contributed by atoms with Crippen LogP contribution in [0.25, 0.3) is 0 Å². The number of rotatable bonds is 3. The average Bonchev–Trinajstić information content (AvgIpc) is 2.39. The number of carbonyl (C=O) groups is 1. The van der Waals surface area contributed by atoms with Crippen LogP contribution in [0.1, 0.15) is 25.5 Å². The van der Waals surface area contributed by atoms with Crippen molar-refractivity contribution in [3.63, 3.8) is 0 Å². The van der Waals surface area contributed by atoms with E-state index in [1.807, 2.05) is 31.2 Å². The van der Waals surface area contributed by atoms with Crippen LogP contribution in [0.2, 0.25) is 0 Å². The molecule has 0 aliphatic carbocycles. The Bertz CT molecular complexity index is 433. The molecule has 1 fully saturated rings. The van der Waals surface area contributed by atoms with Gasteiger partial charge in [0.2, 0.25) is 0 Å². The van der Waals surface area contributed by atoms with E-state index in [0.717, 1.165) is 31.0 Å². The van der Waals surface area contributed by atoms with Crippen LogP contribution in [0.4, 0.5) is 10.5 Å². The molecule has 1 aliphatic rings. The maximum absolute atomic E-state index is 10.6. The molecular weight excluding hydrogens is 244 g/mol. The number of ether oxygens (including phenoxy) is 1. The Kier molecular flexibility index (Phi) is 4.27. The zero-order valence-electron chi connectivity index (χ0n) is 11.3. The van der Waals surface area contributed by atoms with E-state index < -0.39 is 6.09 Å². The molecule has 2 N–H and O–H groups in total. The highest BCUT2D eigenvalue weighted by Crippen LogP contribution is 2.22. The first-order valence-electron chi connectivity index (χ1n) is 6.51. The summed E-state index contributed by atoms with van der Waals surface area (Å²) >= 11 is 0. The second-order valence-electron chi connectivity index (χ2n) is 4.88. The molecule has 1 aliphatic heterocycles. The highest BCUT2D eigenvalue weighted by atomic mass is 16.5. The van der Waals surface area contributed by atoms with Crippen LogP contribution in [0.3, 0.4) is 0 Å². The van der Waals surface area contributed by atoms with Gasteiger partial charge in [-0.2, -0.15) is 0 Å². The molecule has 0 saturated carbocycles. The van der Waals surface area contributed by atoms with Crippen LogP contribution in [-0.2, 0) is 4.74 Å². The largest absolute Gasteiger partial charge is 0.465 e. The van der Waals surface area contributed by atoms with Crippen molar-refractivity contribution < 1.29 is 14.6 Å². The van der Waals surface area contributed by atoms with E-state index in [1.54, 1.807) is 0 Å². The monoisotopic (exact) mass is 264 g/mol. The lowest BCUT2D eigenvalue weighted by Crippen LogP contribution is -2.43. The van der Waals surface area contributed by atoms with Gasteiger partial charge in [-0.15, -0.1) is 0 Å². The van der Waals surface area contributed by atoms with Gasteiger partial charge in [-0.1, -0.05) is 12.1 Å². The number of nitrogens with zero attached hydrogens (tertiary/aromatic N) is 1. The molecule has 1 saturated heterocycles. The molecule has 0 unspecified atom stereocenters. The Morgan fingerprint density at radius 1 is 1.47 bits per heavy atom. The molecule has 2 rings (SSSR count). The zero-order chi connectivity index (χ0) is 13.8. The predicted molar refractivity (Wildman–Crippen MR) is 73.6 cm³/mol. The zero-order valence-corrected chi connectivity index (χ0v) is 11.3. The summed E-state index contributed by atoms with van der Waals surface area (Å²) < 4.78 is 5.42. The lowest BCUT2D eigenvalue weighted by atomic mass is 10.1. The first kappa shape index (κ1) is 13.7. The lowest BCUT2D eigenvalue weighted by molar-refractivity contribution is 0.0989. The van der Waals surface area contributed by atoms with Crippen molar-refractivity contribution in [1.29, 1.82) is 0 Å². The van der Waals surface area contributed by atoms with Gasteiger partial charge in [0.25, 0.3) is 0 Å². The SMILES string of the molecule is C[C@@H](NC(=O)O)c1ccc(N2CCOC[C@@H]2C)cc1. The van der Waals surface area contributed by atoms with Crippen LogP contribution in [0, 0.1) is 0 Å². The Morgan fingerprint density at radius 3 is 2.74 bits per heavy atom. The lowest BCUT2D eigenvalue weighted by Gasteiger charge is -2.35. The van der Waals surface area contributed by atoms with Gasteiger partial charge in [-0.25, -0.2) is 4.79 Å². The number of hydrogen-bond donors (Lipinski definition) is 2. The van der Waals surface area contributed by atoms with Crippen molar-refractivity contribution in [1.82, 2.24) is 5.32 Å². The molecule has 2 atom stereocenters. The van der Waals surface area contributed by atoms with Gasteiger partial charge >= 0.3 is 6.09 Å². The fraction of sp³-hybridized carbons (Fsp3) is 0.500. The average molecular weight is 264 g/mol. The van der Waals surface area contributed by atoms with Crippen LogP contribution in [0.5, 0.6) is 0 Å². The third-order valence-electron chi connectivity index (χ3n) is 3.43. The van der Waals surface area contributed by atoms with Gasteiger partial charge in [-0.05, 0) is 31.5 Å². The van der Waals surface area contributed by atoms with Crippen molar-refractivity contribution in [3.8, 4) is 0 Å². The topological polar surface area (TPSA) is 61.8 Å². The Hall–Kier alpha value is -1.75. The number of anilines is 1. The maximum atomic E-state index is 10.6. The van der Waals surface area contributed by atoms with Gasteiger partial charge < -0.3 is 20.1 Å². The maximum Gasteiger partial charge on any atom is 0.405 e. The van der Waals surface area contributed by atoms with Gasteiger partial charge in [0, 0.05) is 18.3 Å². The van der Waals surface area contributed by atoms with Crippen molar-refractivity contribution >= 4 is 11.8 Å². The molecule has 0 radical (unpaired) electrons. The third kappa shape index (κ3) is 3.38. The second kappa shape index (κ2) is 5.93. The van der Waals surface area contributed by atoms with Crippen LogP contribution in [0.15, 0.2) is 24.3 Å². The molecule has 0 bridgehead atoms. The summed E-state index contributed by atoms with van der Waals surface area (Å²) in [4.78, 5) is 12.9. The van der Waals surface area contributed by atoms with Crippen molar-refractivity contribution in [2.75, 3.05) is 24.7 Å². The van der Waals surface area contributed by atoms with Crippen LogP contribution in [-0.4, -0.2) is 37.0 Å². The van der Waals surface area contributed by atoms with Gasteiger partial charge in [0.05, 0.1) is 19.3 Å². The molecule has 0 spiro atoms. The molecule has 104 valence electrons. The highest BCUT2D eigenvalue weighted by Gasteiger charge is 2.19. The van der Waals surface area contributed by atoms with Crippen molar-refractivity contribution in [2.45, 2.75) is 25.9 Å². The molecule has 1 amide bonds. The molecular formula is C14H20N2O3. The minimum absolute atomic E-state index is 0.200. The van der Waals surface area contributed by atoms with E-state index in [2.05, 4.69) is 17.1 Å². The van der Waals surface area contributed by atoms with Gasteiger partial charge in [0.15, 0.2) is 0 Å². The highest BCUT2D eigenvalue weighted by molar-refractivity contribution is 5.65. The molecule has 19 heavy (non-hydrogen) atoms. The second-order valence-corrected chi connectivity index (χ2v) is 4.88. The predicted octanol–water partition coefficient (Wildman–Crippen LogP) is 2.24. The van der Waals surface area contributed by atoms with Crippen LogP contribution < -0.4 is 10.2 Å². The molecule has 5 heteroatoms. The number of carboxylic acid groups (broad SMARTS) is 1. The van der Waals surface area contributed by atoms with Crippen molar-refractivity contribution in [2.24, 2.45) is 0 Å². The Balaban J connectivity index is 2.07. The van der Waals surface area contributed by atoms with E-state index in [1.165, 1.54) is 0 Å². The molecule has 1 heterocycles. The summed E-state index contributed by atoms with van der Waals surface area (Å²) in [6, 6.07) is 8.19. The normalized spacial score (nSPS) is 20.9. The summed E-state index contributed by atoms with van der Waals surface area (Å²) in [6.07, 6.45) is -1.00. The summed E-state index contributed by atoms with van der Waals surface area (Å²) in [5.41, 5.74) is 2.12. The molecule has 1 aromatic carbocycles. The molecule has 1 aromatic rings. The van der Waals surface area contributed by atoms with E-state index in [-0.39, 0.29) is 6.04 Å². The number of amides is 1. The van der Waals surface area contributed by atoms with Crippen LogP contribution >= 0.6 is 0 Å². The molecule has 5 nitrogen and oxygen atoms in total. The number of morpholine rings is 1. The number of benzene rings is 1. The van der Waals surface area contributed by atoms with E-state index in [0.29, 0.717) is 6.04 Å². The minimum atomic E-state index is -1.00. The Morgan fingerprint density at radius 2 is 2.16 bits per heavy atom. The summed E-state index contributed by atoms with van der Waals surface area (Å²) in [7, 11) is 0. The number of nitrogens with one attached hydrogen (secondary N) is 1. The quantitative estimate of drug-likeness (QED) is 0.879. The van der Waals surface area contributed by atoms with E-state index >= 15 is 0 Å². The fourth-order valence-electron chi connectivity index (χ4n) is 2.33. The number of hydrogen-bond acceptors (Lipinski definition) is 3. The van der Waals surface area contributed by atoms with E-state index in [4.69, 9.17) is 9.84 Å². The summed E-state index contributed by atoms with van der Waals surface area (Å²) in [6.45, 7) is 6.37. The fourth-order valence-corrected chi connectivity index (χ4v) is 2.33. The first-order valence-corrected chi connectivity index (χ1v) is 6.51.